The van der Waals surface area contributed by atoms with Crippen LogP contribution in [0, 0.1) is 0 Å². The van der Waals surface area contributed by atoms with Gasteiger partial charge in [0.05, 0.1) is 24.8 Å². The van der Waals surface area contributed by atoms with Crippen molar-refractivity contribution < 1.29 is 14.3 Å². The molecule has 21 heavy (non-hydrogen) atoms. The lowest BCUT2D eigenvalue weighted by molar-refractivity contribution is 0.104. The van der Waals surface area contributed by atoms with E-state index in [1.54, 1.807) is 18.2 Å². The van der Waals surface area contributed by atoms with Crippen LogP contribution in [0.25, 0.3) is 6.08 Å². The fraction of sp³-hybridized carbons (Fsp3) is 0.118. The number of ketones is 1. The van der Waals surface area contributed by atoms with E-state index in [4.69, 9.17) is 21.1 Å². The molecule has 3 nitrogen and oxygen atoms in total. The molecule has 0 saturated heterocycles. The molecular weight excluding hydrogens is 288 g/mol. The van der Waals surface area contributed by atoms with E-state index in [1.165, 1.54) is 20.3 Å². The average Bonchev–Trinajstić information content (AvgIpc) is 2.53. The number of carbonyl (C=O) groups is 1. The van der Waals surface area contributed by atoms with Crippen molar-refractivity contribution in [1.82, 2.24) is 0 Å². The summed E-state index contributed by atoms with van der Waals surface area (Å²) in [4.78, 5) is 12.3. The van der Waals surface area contributed by atoms with Crippen molar-refractivity contribution in [2.24, 2.45) is 0 Å². The van der Waals surface area contributed by atoms with Gasteiger partial charge in [0.15, 0.2) is 5.78 Å². The molecule has 0 aliphatic heterocycles. The SMILES string of the molecule is COc1cc(C(=O)C=Cc2ccccc2)c(OC)cc1Cl. The molecule has 0 unspecified atom stereocenters. The van der Waals surface area contributed by atoms with E-state index < -0.39 is 0 Å². The Kier molecular flexibility index (Phi) is 5.01. The molecule has 2 rings (SSSR count). The van der Waals surface area contributed by atoms with Crippen LogP contribution in [-0.2, 0) is 0 Å². The van der Waals surface area contributed by atoms with Gasteiger partial charge in [-0.2, -0.15) is 0 Å². The molecule has 0 heterocycles. The summed E-state index contributed by atoms with van der Waals surface area (Å²) in [5, 5.41) is 0.401. The van der Waals surface area contributed by atoms with Crippen LogP contribution in [0.4, 0.5) is 0 Å². The summed E-state index contributed by atoms with van der Waals surface area (Å²) >= 11 is 6.02. The van der Waals surface area contributed by atoms with Gasteiger partial charge in [-0.05, 0) is 17.7 Å². The Balaban J connectivity index is 2.32. The van der Waals surface area contributed by atoms with Crippen LogP contribution in [-0.4, -0.2) is 20.0 Å². The van der Waals surface area contributed by atoms with Crippen LogP contribution in [0.15, 0.2) is 48.5 Å². The number of hydrogen-bond acceptors (Lipinski definition) is 3. The molecule has 0 fully saturated rings. The molecular formula is C17H15ClO3. The first kappa shape index (κ1) is 15.1. The van der Waals surface area contributed by atoms with Gasteiger partial charge in [0.2, 0.25) is 0 Å². The maximum atomic E-state index is 12.3. The first-order valence-corrected chi connectivity index (χ1v) is 6.72. The Morgan fingerprint density at radius 3 is 2.33 bits per heavy atom. The van der Waals surface area contributed by atoms with Crippen LogP contribution >= 0.6 is 11.6 Å². The van der Waals surface area contributed by atoms with Gasteiger partial charge >= 0.3 is 0 Å². The van der Waals surface area contributed by atoms with Crippen LogP contribution in [0.2, 0.25) is 5.02 Å². The largest absolute Gasteiger partial charge is 0.496 e. The fourth-order valence-electron chi connectivity index (χ4n) is 1.88. The van der Waals surface area contributed by atoms with Crippen molar-refractivity contribution in [3.63, 3.8) is 0 Å². The van der Waals surface area contributed by atoms with Gasteiger partial charge in [0, 0.05) is 6.07 Å². The number of halogens is 1. The number of ether oxygens (including phenoxy) is 2. The maximum Gasteiger partial charge on any atom is 0.189 e. The van der Waals surface area contributed by atoms with Crippen LogP contribution in [0.3, 0.4) is 0 Å². The molecule has 0 spiro atoms. The van der Waals surface area contributed by atoms with Gasteiger partial charge in [0.1, 0.15) is 11.5 Å². The number of carbonyl (C=O) groups excluding carboxylic acids is 1. The van der Waals surface area contributed by atoms with Gasteiger partial charge in [-0.3, -0.25) is 4.79 Å². The van der Waals surface area contributed by atoms with E-state index >= 15 is 0 Å². The molecule has 0 aromatic heterocycles. The summed E-state index contributed by atoms with van der Waals surface area (Å²) in [6.07, 6.45) is 3.25. The summed E-state index contributed by atoms with van der Waals surface area (Å²) in [7, 11) is 3.00. The number of rotatable bonds is 5. The van der Waals surface area contributed by atoms with Gasteiger partial charge in [0.25, 0.3) is 0 Å². The molecule has 2 aromatic rings. The summed E-state index contributed by atoms with van der Waals surface area (Å²) in [6, 6.07) is 12.7. The monoisotopic (exact) mass is 302 g/mol. The molecule has 0 atom stereocenters. The van der Waals surface area contributed by atoms with Gasteiger partial charge in [-0.1, -0.05) is 48.0 Å². The second kappa shape index (κ2) is 6.95. The average molecular weight is 303 g/mol. The Morgan fingerprint density at radius 1 is 1.05 bits per heavy atom. The van der Waals surface area contributed by atoms with Crippen molar-refractivity contribution in [2.75, 3.05) is 14.2 Å². The molecule has 0 amide bonds. The van der Waals surface area contributed by atoms with E-state index in [2.05, 4.69) is 0 Å². The van der Waals surface area contributed by atoms with E-state index in [1.807, 2.05) is 30.3 Å². The zero-order chi connectivity index (χ0) is 15.2. The Morgan fingerprint density at radius 2 is 1.71 bits per heavy atom. The third-order valence-corrected chi connectivity index (χ3v) is 3.26. The second-order valence-corrected chi connectivity index (χ2v) is 4.70. The number of benzene rings is 2. The lowest BCUT2D eigenvalue weighted by Gasteiger charge is -2.10. The summed E-state index contributed by atoms with van der Waals surface area (Å²) < 4.78 is 10.3. The van der Waals surface area contributed by atoms with Crippen molar-refractivity contribution >= 4 is 23.5 Å². The fourth-order valence-corrected chi connectivity index (χ4v) is 2.11. The normalized spacial score (nSPS) is 10.6. The number of allylic oxidation sites excluding steroid dienone is 1. The third-order valence-electron chi connectivity index (χ3n) is 2.97. The highest BCUT2D eigenvalue weighted by atomic mass is 35.5. The topological polar surface area (TPSA) is 35.5 Å². The summed E-state index contributed by atoms with van der Waals surface area (Å²) in [6.45, 7) is 0. The van der Waals surface area contributed by atoms with Gasteiger partial charge in [-0.15, -0.1) is 0 Å². The molecule has 0 bridgehead atoms. The third kappa shape index (κ3) is 3.64. The minimum Gasteiger partial charge on any atom is -0.496 e. The minimum atomic E-state index is -0.175. The van der Waals surface area contributed by atoms with E-state index in [9.17, 15) is 4.79 Å². The van der Waals surface area contributed by atoms with Crippen molar-refractivity contribution in [3.8, 4) is 11.5 Å². The smallest absolute Gasteiger partial charge is 0.189 e. The highest BCUT2D eigenvalue weighted by molar-refractivity contribution is 6.32. The molecule has 0 radical (unpaired) electrons. The van der Waals surface area contributed by atoms with Crippen molar-refractivity contribution in [3.05, 3.63) is 64.7 Å². The maximum absolute atomic E-state index is 12.3. The van der Waals surface area contributed by atoms with Crippen LogP contribution in [0.5, 0.6) is 11.5 Å². The number of methoxy groups -OCH3 is 2. The van der Waals surface area contributed by atoms with E-state index in [-0.39, 0.29) is 5.78 Å². The van der Waals surface area contributed by atoms with Crippen LogP contribution < -0.4 is 9.47 Å². The zero-order valence-corrected chi connectivity index (χ0v) is 12.6. The molecule has 0 N–H and O–H groups in total. The molecule has 108 valence electrons. The lowest BCUT2D eigenvalue weighted by atomic mass is 10.1. The Hall–Kier alpha value is -2.26. The standard InChI is InChI=1S/C17H15ClO3/c1-20-16-11-14(18)17(21-2)10-13(16)15(19)9-8-12-6-4-3-5-7-12/h3-11H,1-2H3. The predicted molar refractivity (Wildman–Crippen MR) is 84.4 cm³/mol. The lowest BCUT2D eigenvalue weighted by Crippen LogP contribution is -2.00. The first-order valence-electron chi connectivity index (χ1n) is 6.34. The van der Waals surface area contributed by atoms with Gasteiger partial charge < -0.3 is 9.47 Å². The molecule has 4 heteroatoms. The number of hydrogen-bond donors (Lipinski definition) is 0. The second-order valence-electron chi connectivity index (χ2n) is 4.30. The predicted octanol–water partition coefficient (Wildman–Crippen LogP) is 4.25. The minimum absolute atomic E-state index is 0.175. The highest BCUT2D eigenvalue weighted by Gasteiger charge is 2.14. The first-order chi connectivity index (χ1) is 10.2. The summed E-state index contributed by atoms with van der Waals surface area (Å²) in [5.74, 6) is 0.683. The molecule has 0 aliphatic carbocycles. The molecule has 0 saturated carbocycles. The van der Waals surface area contributed by atoms with Crippen molar-refractivity contribution in [1.29, 1.82) is 0 Å². The zero-order valence-electron chi connectivity index (χ0n) is 11.8. The van der Waals surface area contributed by atoms with E-state index in [0.717, 1.165) is 5.56 Å². The quantitative estimate of drug-likeness (QED) is 0.612. The van der Waals surface area contributed by atoms with Crippen molar-refractivity contribution in [2.45, 2.75) is 0 Å². The highest BCUT2D eigenvalue weighted by Crippen LogP contribution is 2.32. The van der Waals surface area contributed by atoms with Gasteiger partial charge in [-0.25, -0.2) is 0 Å². The summed E-state index contributed by atoms with van der Waals surface area (Å²) in [5.41, 5.74) is 1.36. The Bertz CT molecular complexity index is 663. The molecule has 0 aliphatic rings. The Labute approximate surface area is 128 Å². The van der Waals surface area contributed by atoms with E-state index in [0.29, 0.717) is 22.1 Å². The van der Waals surface area contributed by atoms with Crippen LogP contribution in [0.1, 0.15) is 15.9 Å². The molecule has 2 aromatic carbocycles.